The minimum Gasteiger partial charge on any atom is -0.383 e. The predicted octanol–water partition coefficient (Wildman–Crippen LogP) is -1.05. The molecule has 0 radical (unpaired) electrons. The van der Waals surface area contributed by atoms with E-state index in [4.69, 9.17) is 11.5 Å². The number of nitrogens with zero attached hydrogens (tertiary/aromatic N) is 2. The number of nitrogens with two attached hydrogens (primary N) is 2. The van der Waals surface area contributed by atoms with Crippen LogP contribution in [-0.2, 0) is 27.9 Å². The van der Waals surface area contributed by atoms with Gasteiger partial charge in [-0.05, 0) is 0 Å². The molecule has 0 aliphatic carbocycles. The molecular weight excluding hydrogens is 204 g/mol. The van der Waals surface area contributed by atoms with Crippen LogP contribution in [0.15, 0.2) is 0 Å². The first-order chi connectivity index (χ1) is 6.52. The summed E-state index contributed by atoms with van der Waals surface area (Å²) in [6.45, 7) is 0.164. The number of hydrogen-bond acceptors (Lipinski definition) is 6. The van der Waals surface area contributed by atoms with Crippen molar-refractivity contribution >= 4 is 15.7 Å². The second kappa shape index (κ2) is 2.89. The molecule has 0 unspecified atom stereocenters. The van der Waals surface area contributed by atoms with Crippen LogP contribution in [0.2, 0.25) is 0 Å². The van der Waals surface area contributed by atoms with Crippen LogP contribution in [0.1, 0.15) is 17.1 Å². The van der Waals surface area contributed by atoms with Gasteiger partial charge in [-0.3, -0.25) is 0 Å². The van der Waals surface area contributed by atoms with Crippen molar-refractivity contribution in [2.75, 3.05) is 5.73 Å². The summed E-state index contributed by atoms with van der Waals surface area (Å²) in [5, 5.41) is 0. The Morgan fingerprint density at radius 3 is 2.64 bits per heavy atom. The summed E-state index contributed by atoms with van der Waals surface area (Å²) in [6, 6.07) is 0. The topological polar surface area (TPSA) is 112 Å². The summed E-state index contributed by atoms with van der Waals surface area (Å²) < 4.78 is 22.6. The molecule has 0 amide bonds. The van der Waals surface area contributed by atoms with Crippen molar-refractivity contribution in [3.8, 4) is 0 Å². The molecule has 0 atom stereocenters. The summed E-state index contributed by atoms with van der Waals surface area (Å²) in [5.74, 6) is 0.510. The van der Waals surface area contributed by atoms with Gasteiger partial charge in [0.1, 0.15) is 11.6 Å². The van der Waals surface area contributed by atoms with Crippen molar-refractivity contribution in [2.24, 2.45) is 5.73 Å². The second-order valence-electron chi connectivity index (χ2n) is 3.19. The maximum Gasteiger partial charge on any atom is 0.160 e. The van der Waals surface area contributed by atoms with Crippen LogP contribution in [0.5, 0.6) is 0 Å². The van der Waals surface area contributed by atoms with Gasteiger partial charge in [0.05, 0.1) is 23.7 Å². The zero-order valence-corrected chi connectivity index (χ0v) is 8.21. The summed E-state index contributed by atoms with van der Waals surface area (Å²) in [5.41, 5.74) is 12.0. The van der Waals surface area contributed by atoms with Crippen LogP contribution in [0.3, 0.4) is 0 Å². The molecule has 1 aromatic heterocycles. The lowest BCUT2D eigenvalue weighted by Gasteiger charge is -2.02. The predicted molar refractivity (Wildman–Crippen MR) is 50.7 cm³/mol. The molecule has 2 heterocycles. The highest BCUT2D eigenvalue weighted by Crippen LogP contribution is 2.26. The van der Waals surface area contributed by atoms with E-state index in [1.807, 2.05) is 0 Å². The van der Waals surface area contributed by atoms with Gasteiger partial charge >= 0.3 is 0 Å². The van der Waals surface area contributed by atoms with Crippen molar-refractivity contribution in [3.05, 3.63) is 17.1 Å². The normalized spacial score (nSPS) is 18.1. The largest absolute Gasteiger partial charge is 0.383 e. The van der Waals surface area contributed by atoms with Gasteiger partial charge in [0.15, 0.2) is 9.84 Å². The number of nitrogen functional groups attached to an aromatic ring is 1. The Bertz CT molecular complexity index is 483. The Hall–Kier alpha value is -1.21. The lowest BCUT2D eigenvalue weighted by Crippen LogP contribution is -2.09. The van der Waals surface area contributed by atoms with Crippen LogP contribution in [-0.4, -0.2) is 18.4 Å². The zero-order chi connectivity index (χ0) is 10.3. The van der Waals surface area contributed by atoms with Crippen molar-refractivity contribution in [3.63, 3.8) is 0 Å². The van der Waals surface area contributed by atoms with Gasteiger partial charge in [-0.25, -0.2) is 18.4 Å². The average molecular weight is 214 g/mol. The highest BCUT2D eigenvalue weighted by molar-refractivity contribution is 7.90. The molecule has 0 spiro atoms. The maximum atomic E-state index is 11.3. The highest BCUT2D eigenvalue weighted by atomic mass is 32.2. The molecule has 4 N–H and O–H groups in total. The van der Waals surface area contributed by atoms with Gasteiger partial charge in [-0.1, -0.05) is 0 Å². The van der Waals surface area contributed by atoms with Gasteiger partial charge in [-0.2, -0.15) is 0 Å². The first-order valence-electron chi connectivity index (χ1n) is 4.06. The summed E-state index contributed by atoms with van der Waals surface area (Å²) in [6.07, 6.45) is 0. The summed E-state index contributed by atoms with van der Waals surface area (Å²) in [7, 11) is -3.08. The van der Waals surface area contributed by atoms with Crippen molar-refractivity contribution in [2.45, 2.75) is 18.1 Å². The minimum atomic E-state index is -3.08. The van der Waals surface area contributed by atoms with E-state index in [9.17, 15) is 8.42 Å². The molecule has 76 valence electrons. The lowest BCUT2D eigenvalue weighted by atomic mass is 10.2. The first kappa shape index (κ1) is 9.35. The fourth-order valence-corrected chi connectivity index (χ4v) is 2.96. The van der Waals surface area contributed by atoms with Crippen molar-refractivity contribution < 1.29 is 8.42 Å². The van der Waals surface area contributed by atoms with Crippen molar-refractivity contribution in [1.29, 1.82) is 0 Å². The van der Waals surface area contributed by atoms with Crippen LogP contribution in [0.4, 0.5) is 5.82 Å². The van der Waals surface area contributed by atoms with E-state index in [1.54, 1.807) is 0 Å². The van der Waals surface area contributed by atoms with Crippen LogP contribution < -0.4 is 11.5 Å². The Morgan fingerprint density at radius 1 is 1.29 bits per heavy atom. The number of aromatic nitrogens is 2. The third-order valence-electron chi connectivity index (χ3n) is 2.07. The van der Waals surface area contributed by atoms with Crippen LogP contribution in [0.25, 0.3) is 0 Å². The number of rotatable bonds is 1. The molecule has 7 heteroatoms. The molecule has 0 saturated heterocycles. The molecule has 2 rings (SSSR count). The number of hydrogen-bond donors (Lipinski definition) is 2. The standard InChI is InChI=1S/C7H10N4O2S/c8-1-6-10-5-3-14(12,13)2-4(5)7(9)11-6/h1-3,8H2,(H2,9,10,11). The maximum absolute atomic E-state index is 11.3. The number of fused-ring (bicyclic) bond motifs is 1. The second-order valence-corrected chi connectivity index (χ2v) is 5.25. The molecular formula is C7H10N4O2S. The van der Waals surface area contributed by atoms with E-state index < -0.39 is 9.84 Å². The SMILES string of the molecule is NCc1nc(N)c2c(n1)CS(=O)(=O)C2. The molecule has 14 heavy (non-hydrogen) atoms. The van der Waals surface area contributed by atoms with E-state index in [0.717, 1.165) is 0 Å². The van der Waals surface area contributed by atoms with Crippen LogP contribution in [0, 0.1) is 0 Å². The Kier molecular flexibility index (Phi) is 1.93. The molecule has 0 bridgehead atoms. The lowest BCUT2D eigenvalue weighted by molar-refractivity contribution is 0.597. The van der Waals surface area contributed by atoms with Crippen LogP contribution >= 0.6 is 0 Å². The van der Waals surface area contributed by atoms with Gasteiger partial charge in [0, 0.05) is 5.56 Å². The molecule has 0 aromatic carbocycles. The smallest absolute Gasteiger partial charge is 0.160 e. The molecule has 1 aliphatic rings. The van der Waals surface area contributed by atoms with Gasteiger partial charge < -0.3 is 11.5 Å². The molecule has 1 aliphatic heterocycles. The number of sulfone groups is 1. The monoisotopic (exact) mass is 214 g/mol. The fourth-order valence-electron chi connectivity index (χ4n) is 1.45. The molecule has 6 nitrogen and oxygen atoms in total. The fraction of sp³-hybridized carbons (Fsp3) is 0.429. The Labute approximate surface area is 81.3 Å². The Morgan fingerprint density at radius 2 is 2.00 bits per heavy atom. The van der Waals surface area contributed by atoms with Crippen molar-refractivity contribution in [1.82, 2.24) is 9.97 Å². The summed E-state index contributed by atoms with van der Waals surface area (Å²) in [4.78, 5) is 7.94. The van der Waals surface area contributed by atoms with E-state index >= 15 is 0 Å². The quantitative estimate of drug-likeness (QED) is 0.616. The molecule has 0 fully saturated rings. The zero-order valence-electron chi connectivity index (χ0n) is 7.40. The third-order valence-corrected chi connectivity index (χ3v) is 3.52. The van der Waals surface area contributed by atoms with E-state index in [0.29, 0.717) is 17.1 Å². The summed E-state index contributed by atoms with van der Waals surface area (Å²) >= 11 is 0. The van der Waals surface area contributed by atoms with Gasteiger partial charge in [0.2, 0.25) is 0 Å². The third kappa shape index (κ3) is 1.44. The Balaban J connectivity index is 2.57. The van der Waals surface area contributed by atoms with Gasteiger partial charge in [-0.15, -0.1) is 0 Å². The number of anilines is 1. The average Bonchev–Trinajstić information content (AvgIpc) is 2.40. The van der Waals surface area contributed by atoms with E-state index in [2.05, 4.69) is 9.97 Å². The van der Waals surface area contributed by atoms with Gasteiger partial charge in [0.25, 0.3) is 0 Å². The first-order valence-corrected chi connectivity index (χ1v) is 5.88. The molecule has 0 saturated carbocycles. The van der Waals surface area contributed by atoms with E-state index in [-0.39, 0.29) is 23.9 Å². The van der Waals surface area contributed by atoms with E-state index in [1.165, 1.54) is 0 Å². The highest BCUT2D eigenvalue weighted by Gasteiger charge is 2.28. The minimum absolute atomic E-state index is 0.0535. The molecule has 1 aromatic rings.